The highest BCUT2D eigenvalue weighted by molar-refractivity contribution is 8.00. The molecule has 2 aromatic heterocycles. The van der Waals surface area contributed by atoms with Crippen molar-refractivity contribution in [2.24, 2.45) is 0 Å². The molecule has 1 aliphatic rings. The second-order valence-electron chi connectivity index (χ2n) is 7.82. The molecule has 4 aromatic rings. The Hall–Kier alpha value is -3.76. The van der Waals surface area contributed by atoms with E-state index in [1.165, 1.54) is 52.0 Å². The van der Waals surface area contributed by atoms with E-state index in [-0.39, 0.29) is 22.0 Å². The molecule has 0 saturated carbocycles. The number of hydrogen-bond donors (Lipinski definition) is 1. The highest BCUT2D eigenvalue weighted by Crippen LogP contribution is 2.44. The molecule has 1 amide bonds. The molecule has 2 aromatic carbocycles. The van der Waals surface area contributed by atoms with Gasteiger partial charge in [-0.25, -0.2) is 4.39 Å². The van der Waals surface area contributed by atoms with Crippen LogP contribution in [0.3, 0.4) is 0 Å². The van der Waals surface area contributed by atoms with Crippen LogP contribution in [-0.2, 0) is 15.3 Å². The Labute approximate surface area is 207 Å². The lowest BCUT2D eigenvalue weighted by atomic mass is 9.99. The summed E-state index contributed by atoms with van der Waals surface area (Å²) >= 11 is 2.64. The van der Waals surface area contributed by atoms with Crippen molar-refractivity contribution in [3.05, 3.63) is 101 Å². The number of aliphatic hydroxyl groups is 1. The minimum Gasteiger partial charge on any atom is -0.507 e. The molecule has 1 N–H and O–H groups in total. The van der Waals surface area contributed by atoms with Crippen LogP contribution < -0.4 is 4.90 Å². The summed E-state index contributed by atoms with van der Waals surface area (Å²) in [6, 6.07) is 15.3. The summed E-state index contributed by atoms with van der Waals surface area (Å²) < 4.78 is 19.5. The number of hydrogen-bond acceptors (Lipinski definition) is 8. The lowest BCUT2D eigenvalue weighted by molar-refractivity contribution is -0.132. The number of aromatic nitrogens is 2. The molecular weight excluding hydrogens is 489 g/mol. The lowest BCUT2D eigenvalue weighted by Gasteiger charge is -2.20. The highest BCUT2D eigenvalue weighted by Gasteiger charge is 2.49. The SMILES string of the molecule is Cc1ccc(CSc2nnc(N3C(=O)C(=O)/C(=C(\O)c4ccc(F)cc4)C3c3ccco3)s2)cc1. The molecular formula is C25H18FN3O4S2. The first-order valence-electron chi connectivity index (χ1n) is 10.5. The summed E-state index contributed by atoms with van der Waals surface area (Å²) in [5.41, 5.74) is 2.33. The van der Waals surface area contributed by atoms with Crippen LogP contribution in [0.1, 0.15) is 28.5 Å². The maximum absolute atomic E-state index is 13.4. The molecule has 1 fully saturated rings. The number of amides is 1. The number of halogens is 1. The van der Waals surface area contributed by atoms with Crippen LogP contribution in [0.25, 0.3) is 5.76 Å². The molecule has 35 heavy (non-hydrogen) atoms. The molecule has 0 radical (unpaired) electrons. The van der Waals surface area contributed by atoms with Gasteiger partial charge in [0.2, 0.25) is 5.13 Å². The quantitative estimate of drug-likeness (QED) is 0.121. The van der Waals surface area contributed by atoms with Gasteiger partial charge in [-0.15, -0.1) is 10.2 Å². The summed E-state index contributed by atoms with van der Waals surface area (Å²) in [4.78, 5) is 27.3. The Morgan fingerprint density at radius 2 is 1.86 bits per heavy atom. The molecule has 0 bridgehead atoms. The van der Waals surface area contributed by atoms with Crippen molar-refractivity contribution in [3.63, 3.8) is 0 Å². The number of carbonyl (C=O) groups excluding carboxylic acids is 2. The zero-order chi connectivity index (χ0) is 24.5. The normalized spacial score (nSPS) is 17.3. The molecule has 176 valence electrons. The van der Waals surface area contributed by atoms with Crippen LogP contribution in [0.15, 0.2) is 81.3 Å². The van der Waals surface area contributed by atoms with Crippen molar-refractivity contribution in [1.82, 2.24) is 10.2 Å². The van der Waals surface area contributed by atoms with Crippen LogP contribution in [0.4, 0.5) is 9.52 Å². The number of benzene rings is 2. The van der Waals surface area contributed by atoms with E-state index in [0.717, 1.165) is 17.7 Å². The number of anilines is 1. The maximum atomic E-state index is 13.4. The van der Waals surface area contributed by atoms with Gasteiger partial charge in [0, 0.05) is 11.3 Å². The molecule has 1 unspecified atom stereocenters. The van der Waals surface area contributed by atoms with Crippen LogP contribution in [0.2, 0.25) is 0 Å². The first-order chi connectivity index (χ1) is 16.9. The second-order valence-corrected chi connectivity index (χ2v) is 9.99. The van der Waals surface area contributed by atoms with Crippen LogP contribution in [-0.4, -0.2) is 27.0 Å². The van der Waals surface area contributed by atoms with Gasteiger partial charge in [-0.3, -0.25) is 14.5 Å². The van der Waals surface area contributed by atoms with Crippen LogP contribution in [0, 0.1) is 12.7 Å². The van der Waals surface area contributed by atoms with E-state index in [4.69, 9.17) is 4.42 Å². The van der Waals surface area contributed by atoms with E-state index in [9.17, 15) is 19.1 Å². The van der Waals surface area contributed by atoms with E-state index in [1.807, 2.05) is 31.2 Å². The third-order valence-corrected chi connectivity index (χ3v) is 7.59. The molecule has 0 spiro atoms. The average Bonchev–Trinajstić information content (AvgIpc) is 3.60. The summed E-state index contributed by atoms with van der Waals surface area (Å²) in [5, 5.41) is 19.5. The molecule has 10 heteroatoms. The van der Waals surface area contributed by atoms with Gasteiger partial charge >= 0.3 is 5.91 Å². The minimum absolute atomic E-state index is 0.166. The molecule has 1 saturated heterocycles. The van der Waals surface area contributed by atoms with Crippen molar-refractivity contribution in [1.29, 1.82) is 0 Å². The topological polar surface area (TPSA) is 96.5 Å². The molecule has 5 rings (SSSR count). The predicted octanol–water partition coefficient (Wildman–Crippen LogP) is 5.50. The number of rotatable bonds is 6. The molecule has 0 aliphatic carbocycles. The first kappa shape index (κ1) is 23.0. The fourth-order valence-electron chi connectivity index (χ4n) is 3.70. The number of nitrogens with zero attached hydrogens (tertiary/aromatic N) is 3. The van der Waals surface area contributed by atoms with Crippen molar-refractivity contribution in [3.8, 4) is 0 Å². The largest absolute Gasteiger partial charge is 0.507 e. The van der Waals surface area contributed by atoms with Crippen LogP contribution >= 0.6 is 23.1 Å². The third-order valence-electron chi connectivity index (χ3n) is 5.46. The number of ketones is 1. The zero-order valence-corrected chi connectivity index (χ0v) is 20.0. The highest BCUT2D eigenvalue weighted by atomic mass is 32.2. The Balaban J connectivity index is 1.49. The molecule has 7 nitrogen and oxygen atoms in total. The summed E-state index contributed by atoms with van der Waals surface area (Å²) in [6.07, 6.45) is 1.41. The van der Waals surface area contributed by atoms with E-state index in [1.54, 1.807) is 12.1 Å². The standard InChI is InChI=1S/C25H18FN3O4S2/c1-14-4-6-15(7-5-14)13-34-25-28-27-24(35-25)29-20(18-3-2-12-33-18)19(22(31)23(29)32)21(30)16-8-10-17(26)11-9-16/h2-12,20,30H,13H2,1H3/b21-19-. The van der Waals surface area contributed by atoms with E-state index in [2.05, 4.69) is 10.2 Å². The smallest absolute Gasteiger partial charge is 0.302 e. The molecule has 1 aliphatic heterocycles. The van der Waals surface area contributed by atoms with E-state index < -0.39 is 29.3 Å². The van der Waals surface area contributed by atoms with E-state index in [0.29, 0.717) is 10.1 Å². The lowest BCUT2D eigenvalue weighted by Crippen LogP contribution is -2.29. The van der Waals surface area contributed by atoms with Gasteiger partial charge in [0.15, 0.2) is 4.34 Å². The summed E-state index contributed by atoms with van der Waals surface area (Å²) in [6.45, 7) is 2.02. The Morgan fingerprint density at radius 1 is 1.11 bits per heavy atom. The van der Waals surface area contributed by atoms with Gasteiger partial charge in [-0.1, -0.05) is 52.9 Å². The van der Waals surface area contributed by atoms with Gasteiger partial charge in [0.05, 0.1) is 11.8 Å². The fourth-order valence-corrected chi connectivity index (χ4v) is 5.52. The van der Waals surface area contributed by atoms with Crippen LogP contribution in [0.5, 0.6) is 0 Å². The average molecular weight is 508 g/mol. The van der Waals surface area contributed by atoms with Crippen molar-refractivity contribution in [2.75, 3.05) is 4.90 Å². The Morgan fingerprint density at radius 3 is 2.54 bits per heavy atom. The van der Waals surface area contributed by atoms with Gasteiger partial charge in [0.1, 0.15) is 23.4 Å². The zero-order valence-electron chi connectivity index (χ0n) is 18.3. The van der Waals surface area contributed by atoms with Gasteiger partial charge in [0.25, 0.3) is 5.78 Å². The second kappa shape index (κ2) is 9.47. The van der Waals surface area contributed by atoms with Crippen molar-refractivity contribution in [2.45, 2.75) is 23.1 Å². The summed E-state index contributed by atoms with van der Waals surface area (Å²) in [5.74, 6) is -1.73. The fraction of sp³-hybridized carbons (Fsp3) is 0.120. The predicted molar refractivity (Wildman–Crippen MR) is 131 cm³/mol. The monoisotopic (exact) mass is 507 g/mol. The van der Waals surface area contributed by atoms with Crippen molar-refractivity contribution >= 4 is 45.7 Å². The van der Waals surface area contributed by atoms with Gasteiger partial charge in [-0.2, -0.15) is 0 Å². The molecule has 3 heterocycles. The van der Waals surface area contributed by atoms with Gasteiger partial charge < -0.3 is 9.52 Å². The number of furan rings is 1. The number of carbonyl (C=O) groups is 2. The minimum atomic E-state index is -1.04. The summed E-state index contributed by atoms with van der Waals surface area (Å²) in [7, 11) is 0. The number of aliphatic hydroxyl groups excluding tert-OH is 1. The van der Waals surface area contributed by atoms with E-state index >= 15 is 0 Å². The number of thioether (sulfide) groups is 1. The maximum Gasteiger partial charge on any atom is 0.302 e. The Kier molecular flexibility index (Phi) is 6.23. The molecule has 1 atom stereocenters. The van der Waals surface area contributed by atoms with Gasteiger partial charge in [-0.05, 0) is 48.9 Å². The number of aryl methyl sites for hydroxylation is 1. The number of Topliss-reactive ketones (excluding diaryl/α,β-unsaturated/α-hetero) is 1. The Bertz CT molecular complexity index is 1410. The first-order valence-corrected chi connectivity index (χ1v) is 12.3. The van der Waals surface area contributed by atoms with Crippen molar-refractivity contribution < 1.29 is 23.5 Å². The third kappa shape index (κ3) is 4.50.